The van der Waals surface area contributed by atoms with Crippen molar-refractivity contribution >= 4 is 35.3 Å². The van der Waals surface area contributed by atoms with E-state index in [1.54, 1.807) is 0 Å². The zero-order valence-corrected chi connectivity index (χ0v) is 14.5. The molecular formula is C7H4IKO7S. The minimum Gasteiger partial charge on any atom is 1.00 e. The first-order chi connectivity index (χ1) is 7.22. The predicted molar refractivity (Wildman–Crippen MR) is 55.4 cm³/mol. The van der Waals surface area contributed by atoms with Gasteiger partial charge in [0.15, 0.2) is 0 Å². The Morgan fingerprint density at radius 2 is 1.94 bits per heavy atom. The summed E-state index contributed by atoms with van der Waals surface area (Å²) in [6.45, 7) is 0. The minimum atomic E-state index is -5.08. The van der Waals surface area contributed by atoms with Crippen molar-refractivity contribution in [2.45, 2.75) is 4.90 Å². The molecule has 2 rings (SSSR count). The second-order valence-electron chi connectivity index (χ2n) is 2.90. The zero-order valence-electron chi connectivity index (χ0n) is 8.41. The quantitative estimate of drug-likeness (QED) is 0.307. The maximum Gasteiger partial charge on any atom is 1.00 e. The Morgan fingerprint density at radius 3 is 2.47 bits per heavy atom. The second-order valence-corrected chi connectivity index (χ2v) is 8.39. The van der Waals surface area contributed by atoms with Gasteiger partial charge < -0.3 is 0 Å². The van der Waals surface area contributed by atoms with Gasteiger partial charge in [-0.1, -0.05) is 0 Å². The molecule has 1 N–H and O–H groups in total. The van der Waals surface area contributed by atoms with Crippen molar-refractivity contribution in [1.82, 2.24) is 0 Å². The first-order valence-corrected chi connectivity index (χ1v) is 8.98. The third-order valence-corrected chi connectivity index (χ3v) is 6.07. The fourth-order valence-corrected chi connectivity index (χ4v) is 4.78. The molecule has 17 heavy (non-hydrogen) atoms. The molecule has 0 fully saturated rings. The summed E-state index contributed by atoms with van der Waals surface area (Å²) in [6.07, 6.45) is 0. The average molecular weight is 398 g/mol. The van der Waals surface area contributed by atoms with Crippen LogP contribution in [0.25, 0.3) is 0 Å². The van der Waals surface area contributed by atoms with Crippen molar-refractivity contribution in [3.8, 4) is 0 Å². The van der Waals surface area contributed by atoms with E-state index in [-0.39, 0.29) is 56.9 Å². The molecule has 0 spiro atoms. The SMILES string of the molecule is O=C1OI(=O)(O)c2cc(S(=O)(=O)[O-])ccc21.[K+]. The smallest absolute Gasteiger partial charge is 1.00 e. The summed E-state index contributed by atoms with van der Waals surface area (Å²) in [4.78, 5) is 10.4. The third-order valence-electron chi connectivity index (χ3n) is 1.88. The summed E-state index contributed by atoms with van der Waals surface area (Å²) in [5.74, 6) is -0.987. The molecule has 1 aliphatic rings. The monoisotopic (exact) mass is 398 g/mol. The first kappa shape index (κ1) is 15.8. The van der Waals surface area contributed by atoms with Gasteiger partial charge in [0.25, 0.3) is 0 Å². The molecule has 0 aliphatic carbocycles. The van der Waals surface area contributed by atoms with Crippen LogP contribution >= 0.6 is 19.3 Å². The molecule has 0 radical (unpaired) electrons. The number of halogens is 1. The molecule has 0 bridgehead atoms. The number of benzene rings is 1. The van der Waals surface area contributed by atoms with Crippen molar-refractivity contribution in [2.24, 2.45) is 0 Å². The van der Waals surface area contributed by atoms with E-state index in [1.807, 2.05) is 0 Å². The van der Waals surface area contributed by atoms with E-state index < -0.39 is 43.8 Å². The van der Waals surface area contributed by atoms with Crippen molar-refractivity contribution < 1.29 is 78.7 Å². The van der Waals surface area contributed by atoms with Crippen molar-refractivity contribution in [3.63, 3.8) is 0 Å². The van der Waals surface area contributed by atoms with Gasteiger partial charge in [-0.3, -0.25) is 0 Å². The average Bonchev–Trinajstić information content (AvgIpc) is 2.36. The normalized spacial score (nSPS) is 26.4. The summed E-state index contributed by atoms with van der Waals surface area (Å²) in [5.41, 5.74) is -0.179. The van der Waals surface area contributed by atoms with Gasteiger partial charge >= 0.3 is 146 Å². The molecule has 0 saturated heterocycles. The van der Waals surface area contributed by atoms with Crippen LogP contribution in [0.3, 0.4) is 0 Å². The van der Waals surface area contributed by atoms with Gasteiger partial charge in [0.2, 0.25) is 0 Å². The molecule has 1 aromatic carbocycles. The van der Waals surface area contributed by atoms with Crippen molar-refractivity contribution in [1.29, 1.82) is 0 Å². The van der Waals surface area contributed by atoms with E-state index in [1.165, 1.54) is 0 Å². The largest absolute Gasteiger partial charge is 1.00 e. The van der Waals surface area contributed by atoms with Crippen LogP contribution in [0.1, 0.15) is 10.4 Å². The van der Waals surface area contributed by atoms with Gasteiger partial charge in [0.1, 0.15) is 0 Å². The van der Waals surface area contributed by atoms with Crippen LogP contribution in [-0.4, -0.2) is 22.4 Å². The Bertz CT molecular complexity index is 638. The van der Waals surface area contributed by atoms with E-state index in [2.05, 4.69) is 3.07 Å². The van der Waals surface area contributed by atoms with Gasteiger partial charge in [-0.2, -0.15) is 0 Å². The molecule has 0 aromatic heterocycles. The summed E-state index contributed by atoms with van der Waals surface area (Å²) in [5, 5.41) is 0. The number of fused-ring (bicyclic) bond motifs is 1. The van der Waals surface area contributed by atoms with Gasteiger partial charge in [-0.05, 0) is 0 Å². The fourth-order valence-electron chi connectivity index (χ4n) is 1.19. The van der Waals surface area contributed by atoms with Gasteiger partial charge in [0.05, 0.1) is 0 Å². The molecular weight excluding hydrogens is 394 g/mol. The molecule has 1 atom stereocenters. The summed E-state index contributed by atoms with van der Waals surface area (Å²) in [7, 11) is -4.73. The molecule has 1 heterocycles. The molecule has 88 valence electrons. The predicted octanol–water partition coefficient (Wildman–Crippen LogP) is -2.86. The molecule has 7 nitrogen and oxygen atoms in total. The Labute approximate surface area is 144 Å². The summed E-state index contributed by atoms with van der Waals surface area (Å²) < 4.78 is 56.6. The van der Waals surface area contributed by atoms with E-state index in [0.717, 1.165) is 12.1 Å². The van der Waals surface area contributed by atoms with E-state index in [4.69, 9.17) is 0 Å². The zero-order chi connectivity index (χ0) is 12.1. The van der Waals surface area contributed by atoms with Gasteiger partial charge in [0, 0.05) is 0 Å². The molecule has 1 aliphatic heterocycles. The number of hydrogen-bond donors (Lipinski definition) is 1. The summed E-state index contributed by atoms with van der Waals surface area (Å²) >= 11 is -5.08. The second kappa shape index (κ2) is 5.01. The fraction of sp³-hybridized carbons (Fsp3) is 0. The molecule has 10 heteroatoms. The van der Waals surface area contributed by atoms with E-state index in [9.17, 15) is 24.3 Å². The van der Waals surface area contributed by atoms with E-state index >= 15 is 0 Å². The Morgan fingerprint density at radius 1 is 1.35 bits per heavy atom. The third kappa shape index (κ3) is 3.01. The van der Waals surface area contributed by atoms with E-state index in [0.29, 0.717) is 6.07 Å². The van der Waals surface area contributed by atoms with Crippen LogP contribution < -0.4 is 51.4 Å². The van der Waals surface area contributed by atoms with Crippen LogP contribution in [0.2, 0.25) is 0 Å². The van der Waals surface area contributed by atoms with Crippen LogP contribution in [0.5, 0.6) is 0 Å². The Hall–Kier alpha value is 0.726. The summed E-state index contributed by atoms with van der Waals surface area (Å²) in [6, 6.07) is 2.60. The van der Waals surface area contributed by atoms with Crippen molar-refractivity contribution in [3.05, 3.63) is 27.3 Å². The van der Waals surface area contributed by atoms with Gasteiger partial charge in [-0.15, -0.1) is 0 Å². The molecule has 1 aromatic rings. The van der Waals surface area contributed by atoms with Crippen molar-refractivity contribution in [2.75, 3.05) is 0 Å². The maximum atomic E-state index is 11.4. The van der Waals surface area contributed by atoms with Crippen LogP contribution in [-0.2, 0) is 16.3 Å². The van der Waals surface area contributed by atoms with Crippen LogP contribution in [0, 0.1) is 3.57 Å². The minimum absolute atomic E-state index is 0. The molecule has 1 unspecified atom stereocenters. The number of carbonyl (C=O) groups excluding carboxylic acids is 1. The maximum absolute atomic E-state index is 11.4. The number of hydrogen-bond acceptors (Lipinski definition) is 6. The standard InChI is InChI=1S/C7H5IO7S.K/c9-7-5-2-1-4(16(12,13)14)3-6(5)8(10,11)15-7;/h1-3H,(H,10,11)(H,12,13,14);/q;+1/p-1. The van der Waals surface area contributed by atoms with Crippen LogP contribution in [0.15, 0.2) is 23.1 Å². The molecule has 0 amide bonds. The van der Waals surface area contributed by atoms with Crippen LogP contribution in [0.4, 0.5) is 0 Å². The van der Waals surface area contributed by atoms with Gasteiger partial charge in [-0.25, -0.2) is 0 Å². The Kier molecular flexibility index (Phi) is 4.65. The Balaban J connectivity index is 0.00000144. The topological polar surface area (TPSA) is 121 Å². The molecule has 0 saturated carbocycles. The number of rotatable bonds is 1. The number of carbonyl (C=O) groups is 1. The first-order valence-electron chi connectivity index (χ1n) is 3.77.